The number of aromatic nitrogens is 5. The normalized spacial score (nSPS) is 11.0. The number of hydrogen-bond acceptors (Lipinski definition) is 9. The van der Waals surface area contributed by atoms with Gasteiger partial charge in [-0.15, -0.1) is 10.2 Å². The second-order valence-electron chi connectivity index (χ2n) is 4.24. The average molecular weight is 354 g/mol. The van der Waals surface area contributed by atoms with E-state index in [2.05, 4.69) is 25.6 Å². The van der Waals surface area contributed by atoms with E-state index < -0.39 is 0 Å². The minimum atomic E-state index is -0.193. The molecule has 114 valence electrons. The molecule has 0 aliphatic carbocycles. The van der Waals surface area contributed by atoms with E-state index in [-0.39, 0.29) is 11.5 Å². The van der Waals surface area contributed by atoms with Crippen LogP contribution in [-0.4, -0.2) is 30.7 Å². The van der Waals surface area contributed by atoms with E-state index in [0.717, 1.165) is 5.01 Å². The molecule has 0 saturated heterocycles. The summed E-state index contributed by atoms with van der Waals surface area (Å²) >= 11 is 4.06. The van der Waals surface area contributed by atoms with Gasteiger partial charge in [0, 0.05) is 18.7 Å². The van der Waals surface area contributed by atoms with Crippen molar-refractivity contribution < 1.29 is 4.79 Å². The van der Waals surface area contributed by atoms with Crippen LogP contribution in [0, 0.1) is 6.92 Å². The minimum Gasteiger partial charge on any atom is -0.301 e. The Morgan fingerprint density at radius 1 is 1.41 bits per heavy atom. The number of nitrogens with zero attached hydrogens (tertiary/aromatic N) is 5. The number of fused-ring (bicyclic) bond motifs is 1. The molecule has 0 fully saturated rings. The number of amides is 1. The van der Waals surface area contributed by atoms with Gasteiger partial charge in [-0.3, -0.25) is 9.59 Å². The second kappa shape index (κ2) is 6.10. The summed E-state index contributed by atoms with van der Waals surface area (Å²) in [5.74, 6) is 0.311. The van der Waals surface area contributed by atoms with Gasteiger partial charge in [0.05, 0.1) is 5.69 Å². The van der Waals surface area contributed by atoms with E-state index in [1.165, 1.54) is 51.9 Å². The maximum absolute atomic E-state index is 11.9. The third-order valence-electron chi connectivity index (χ3n) is 2.43. The molecule has 11 heteroatoms. The maximum atomic E-state index is 11.9. The molecule has 0 bridgehead atoms. The highest BCUT2D eigenvalue weighted by Crippen LogP contribution is 2.27. The Hall–Kier alpha value is -1.85. The summed E-state index contributed by atoms with van der Waals surface area (Å²) in [5, 5.41) is 15.7. The largest absolute Gasteiger partial charge is 0.301 e. The van der Waals surface area contributed by atoms with Gasteiger partial charge in [0.15, 0.2) is 4.34 Å². The lowest BCUT2D eigenvalue weighted by atomic mass is 10.4. The summed E-state index contributed by atoms with van der Waals surface area (Å²) in [7, 11) is 0. The summed E-state index contributed by atoms with van der Waals surface area (Å²) in [4.78, 5) is 27.9. The average Bonchev–Trinajstić information content (AvgIpc) is 3.02. The van der Waals surface area contributed by atoms with Crippen molar-refractivity contribution in [2.24, 2.45) is 0 Å². The van der Waals surface area contributed by atoms with Crippen molar-refractivity contribution in [3.63, 3.8) is 0 Å². The third-order valence-corrected chi connectivity index (χ3v) is 5.26. The van der Waals surface area contributed by atoms with E-state index in [9.17, 15) is 9.59 Å². The summed E-state index contributed by atoms with van der Waals surface area (Å²) in [6, 6.07) is 1.47. The van der Waals surface area contributed by atoms with Gasteiger partial charge >= 0.3 is 0 Å². The fourth-order valence-electron chi connectivity index (χ4n) is 1.63. The predicted octanol–water partition coefficient (Wildman–Crippen LogP) is 1.56. The quantitative estimate of drug-likeness (QED) is 0.560. The molecule has 0 saturated carbocycles. The highest BCUT2D eigenvalue weighted by Gasteiger charge is 2.10. The van der Waals surface area contributed by atoms with E-state index in [1.807, 2.05) is 6.92 Å². The lowest BCUT2D eigenvalue weighted by Gasteiger charge is -1.97. The van der Waals surface area contributed by atoms with Crippen molar-refractivity contribution in [3.8, 4) is 0 Å². The minimum absolute atomic E-state index is 0.187. The fraction of sp³-hybridized carbons (Fsp3) is 0.273. The van der Waals surface area contributed by atoms with Crippen LogP contribution in [0.2, 0.25) is 0 Å². The summed E-state index contributed by atoms with van der Waals surface area (Å²) in [6.07, 6.45) is 0. The Morgan fingerprint density at radius 2 is 2.23 bits per heavy atom. The van der Waals surface area contributed by atoms with Crippen LogP contribution in [0.5, 0.6) is 0 Å². The van der Waals surface area contributed by atoms with Crippen LogP contribution >= 0.6 is 34.4 Å². The van der Waals surface area contributed by atoms with Gasteiger partial charge in [-0.2, -0.15) is 9.61 Å². The number of anilines is 1. The molecule has 1 N–H and O–H groups in total. The zero-order valence-electron chi connectivity index (χ0n) is 11.6. The monoisotopic (exact) mass is 354 g/mol. The molecule has 0 radical (unpaired) electrons. The van der Waals surface area contributed by atoms with Gasteiger partial charge in [-0.05, 0) is 6.92 Å². The van der Waals surface area contributed by atoms with Crippen molar-refractivity contribution >= 4 is 50.4 Å². The lowest BCUT2D eigenvalue weighted by molar-refractivity contribution is -0.114. The van der Waals surface area contributed by atoms with Crippen LogP contribution in [0.3, 0.4) is 0 Å². The molecule has 0 aliphatic heterocycles. The number of aryl methyl sites for hydroxylation is 1. The number of rotatable bonds is 4. The summed E-state index contributed by atoms with van der Waals surface area (Å²) in [5.41, 5.74) is 0.469. The number of carbonyl (C=O) groups is 1. The first-order valence-electron chi connectivity index (χ1n) is 6.11. The Balaban J connectivity index is 1.74. The van der Waals surface area contributed by atoms with Gasteiger partial charge < -0.3 is 5.32 Å². The Labute approximate surface area is 136 Å². The van der Waals surface area contributed by atoms with Gasteiger partial charge in [-0.1, -0.05) is 34.4 Å². The van der Waals surface area contributed by atoms with E-state index in [1.54, 1.807) is 0 Å². The van der Waals surface area contributed by atoms with Crippen molar-refractivity contribution in [2.45, 2.75) is 23.9 Å². The molecule has 3 aromatic heterocycles. The Morgan fingerprint density at radius 3 is 3.00 bits per heavy atom. The zero-order valence-corrected chi connectivity index (χ0v) is 14.0. The molecule has 3 aromatic rings. The van der Waals surface area contributed by atoms with Crippen LogP contribution in [0.4, 0.5) is 5.13 Å². The molecule has 3 rings (SSSR count). The molecule has 0 aliphatic rings. The molecule has 1 amide bonds. The highest BCUT2D eigenvalue weighted by molar-refractivity contribution is 8.00. The number of nitrogens with one attached hydrogen (secondary N) is 1. The van der Waals surface area contributed by atoms with E-state index >= 15 is 0 Å². The van der Waals surface area contributed by atoms with Gasteiger partial charge in [-0.25, -0.2) is 4.98 Å². The van der Waals surface area contributed by atoms with Crippen LogP contribution in [0.25, 0.3) is 4.96 Å². The first-order valence-corrected chi connectivity index (χ1v) is 8.73. The second-order valence-corrected chi connectivity index (χ2v) is 7.60. The van der Waals surface area contributed by atoms with Crippen LogP contribution in [0.15, 0.2) is 15.2 Å². The molecule has 22 heavy (non-hydrogen) atoms. The van der Waals surface area contributed by atoms with Gasteiger partial charge in [0.25, 0.3) is 5.56 Å². The Bertz CT molecular complexity index is 899. The van der Waals surface area contributed by atoms with E-state index in [0.29, 0.717) is 25.9 Å². The molecule has 0 atom stereocenters. The summed E-state index contributed by atoms with van der Waals surface area (Å²) in [6.45, 7) is 3.25. The number of hydrogen-bond donors (Lipinski definition) is 1. The standard InChI is InChI=1S/C11H10N6O2S3/c1-5(18)12-9-14-15-11(22-9)20-4-7-3-8(19)17-10(13-7)21-6(2)16-17/h3H,4H2,1-2H3,(H,12,14,18). The van der Waals surface area contributed by atoms with E-state index in [4.69, 9.17) is 0 Å². The summed E-state index contributed by atoms with van der Waals surface area (Å²) < 4.78 is 2.00. The molecule has 3 heterocycles. The number of carbonyl (C=O) groups excluding carboxylic acids is 1. The van der Waals surface area contributed by atoms with Crippen LogP contribution in [0.1, 0.15) is 17.6 Å². The van der Waals surface area contributed by atoms with Gasteiger partial charge in [0.1, 0.15) is 5.01 Å². The lowest BCUT2D eigenvalue weighted by Crippen LogP contribution is -2.15. The topological polar surface area (TPSA) is 102 Å². The predicted molar refractivity (Wildman–Crippen MR) is 85.6 cm³/mol. The smallest absolute Gasteiger partial charge is 0.275 e. The molecule has 0 aromatic carbocycles. The van der Waals surface area contributed by atoms with Gasteiger partial charge in [0.2, 0.25) is 16.0 Å². The van der Waals surface area contributed by atoms with Crippen molar-refractivity contribution in [2.75, 3.05) is 5.32 Å². The molecular formula is C11H10N6O2S3. The third kappa shape index (κ3) is 3.31. The fourth-order valence-corrected chi connectivity index (χ4v) is 4.09. The molecule has 8 nitrogen and oxygen atoms in total. The van der Waals surface area contributed by atoms with Crippen molar-refractivity contribution in [1.82, 2.24) is 24.8 Å². The van der Waals surface area contributed by atoms with Crippen molar-refractivity contribution in [3.05, 3.63) is 27.1 Å². The zero-order chi connectivity index (χ0) is 15.7. The first-order chi connectivity index (χ1) is 10.5. The SMILES string of the molecule is CC(=O)Nc1nnc(SCc2cc(=O)n3nc(C)sc3n2)s1. The Kier molecular flexibility index (Phi) is 4.18. The number of thioether (sulfide) groups is 1. The molecule has 0 spiro atoms. The molecular weight excluding hydrogens is 344 g/mol. The highest BCUT2D eigenvalue weighted by atomic mass is 32.2. The van der Waals surface area contributed by atoms with Crippen LogP contribution < -0.4 is 10.9 Å². The maximum Gasteiger partial charge on any atom is 0.275 e. The molecule has 0 unspecified atom stereocenters. The van der Waals surface area contributed by atoms with Crippen LogP contribution in [-0.2, 0) is 10.5 Å². The first kappa shape index (κ1) is 15.1. The van der Waals surface area contributed by atoms with Crippen molar-refractivity contribution in [1.29, 1.82) is 0 Å².